The Bertz CT molecular complexity index is 425. The lowest BCUT2D eigenvalue weighted by Gasteiger charge is -2.13. The van der Waals surface area contributed by atoms with Crippen molar-refractivity contribution in [2.24, 2.45) is 7.05 Å². The lowest BCUT2D eigenvalue weighted by molar-refractivity contribution is -0.138. The smallest absolute Gasteiger partial charge is 0.312 e. The molecule has 1 atom stereocenters. The van der Waals surface area contributed by atoms with Crippen molar-refractivity contribution in [3.63, 3.8) is 0 Å². The third-order valence-corrected chi connectivity index (χ3v) is 2.41. The molecule has 4 nitrogen and oxygen atoms in total. The van der Waals surface area contributed by atoms with E-state index in [1.807, 2.05) is 0 Å². The number of aliphatic carboxylic acids is 1. The largest absolute Gasteiger partial charge is 0.481 e. The third-order valence-electron chi connectivity index (χ3n) is 2.09. The number of hydrogen-bond donors (Lipinski definition) is 1. The zero-order valence-electron chi connectivity index (χ0n) is 7.82. The van der Waals surface area contributed by atoms with E-state index in [1.54, 1.807) is 0 Å². The maximum absolute atomic E-state index is 11.2. The predicted octanol–water partition coefficient (Wildman–Crippen LogP) is 1.23. The van der Waals surface area contributed by atoms with Crippen molar-refractivity contribution < 1.29 is 9.90 Å². The van der Waals surface area contributed by atoms with Gasteiger partial charge in [0, 0.05) is 13.1 Å². The van der Waals surface area contributed by atoms with E-state index in [-0.39, 0.29) is 5.56 Å². The van der Waals surface area contributed by atoms with Crippen LogP contribution in [0, 0.1) is 0 Å². The van der Waals surface area contributed by atoms with Gasteiger partial charge in [0.15, 0.2) is 0 Å². The van der Waals surface area contributed by atoms with Crippen molar-refractivity contribution in [2.45, 2.75) is 12.8 Å². The summed E-state index contributed by atoms with van der Waals surface area (Å²) in [6, 6.07) is 2.72. The van der Waals surface area contributed by atoms with Gasteiger partial charge in [0.2, 0.25) is 0 Å². The van der Waals surface area contributed by atoms with E-state index >= 15 is 0 Å². The van der Waals surface area contributed by atoms with Gasteiger partial charge < -0.3 is 9.67 Å². The van der Waals surface area contributed by atoms with Crippen LogP contribution in [-0.2, 0) is 11.8 Å². The van der Waals surface area contributed by atoms with E-state index in [0.717, 1.165) is 0 Å². The number of rotatable bonds is 2. The summed E-state index contributed by atoms with van der Waals surface area (Å²) in [5.41, 5.74) is 0.0594. The summed E-state index contributed by atoms with van der Waals surface area (Å²) in [5, 5.41) is 9.09. The predicted molar refractivity (Wildman–Crippen MR) is 52.7 cm³/mol. The van der Waals surface area contributed by atoms with Gasteiger partial charge in [-0.15, -0.1) is 0 Å². The Labute approximate surface area is 85.7 Å². The van der Waals surface area contributed by atoms with Gasteiger partial charge >= 0.3 is 5.97 Å². The van der Waals surface area contributed by atoms with Gasteiger partial charge in [-0.3, -0.25) is 9.59 Å². The Balaban J connectivity index is 3.39. The average molecular weight is 216 g/mol. The van der Waals surface area contributed by atoms with Crippen LogP contribution >= 0.6 is 11.6 Å². The van der Waals surface area contributed by atoms with Crippen LogP contribution in [0.5, 0.6) is 0 Å². The SMILES string of the molecule is CC(C(=O)O)c1c(Cl)ccc(=O)n1C. The molecule has 0 spiro atoms. The van der Waals surface area contributed by atoms with Crippen LogP contribution in [0.25, 0.3) is 0 Å². The fourth-order valence-corrected chi connectivity index (χ4v) is 1.59. The van der Waals surface area contributed by atoms with Crippen LogP contribution in [0.2, 0.25) is 5.02 Å². The molecule has 1 unspecified atom stereocenters. The standard InChI is InChI=1S/C9H10ClNO3/c1-5(9(13)14)8-6(10)3-4-7(12)11(8)2/h3-5H,1-2H3,(H,13,14). The van der Waals surface area contributed by atoms with Crippen molar-refractivity contribution >= 4 is 17.6 Å². The molecule has 0 amide bonds. The fraction of sp³-hybridized carbons (Fsp3) is 0.333. The Morgan fingerprint density at radius 3 is 2.64 bits per heavy atom. The molecule has 1 aromatic heterocycles. The van der Waals surface area contributed by atoms with E-state index < -0.39 is 11.9 Å². The van der Waals surface area contributed by atoms with Crippen molar-refractivity contribution in [2.75, 3.05) is 0 Å². The Kier molecular flexibility index (Phi) is 2.96. The van der Waals surface area contributed by atoms with E-state index in [4.69, 9.17) is 16.7 Å². The Hall–Kier alpha value is -1.29. The summed E-state index contributed by atoms with van der Waals surface area (Å²) in [5.74, 6) is -1.80. The van der Waals surface area contributed by atoms with E-state index in [9.17, 15) is 9.59 Å². The zero-order chi connectivity index (χ0) is 10.9. The Morgan fingerprint density at radius 2 is 2.14 bits per heavy atom. The van der Waals surface area contributed by atoms with Crippen LogP contribution in [-0.4, -0.2) is 15.6 Å². The summed E-state index contributed by atoms with van der Waals surface area (Å²) in [6.45, 7) is 1.49. The van der Waals surface area contributed by atoms with Gasteiger partial charge in [-0.05, 0) is 13.0 Å². The molecule has 1 heterocycles. The summed E-state index contributed by atoms with van der Waals surface area (Å²) < 4.78 is 1.25. The first kappa shape index (κ1) is 10.8. The summed E-state index contributed by atoms with van der Waals surface area (Å²) in [7, 11) is 1.50. The first-order chi connectivity index (χ1) is 6.45. The molecule has 0 radical (unpaired) electrons. The van der Waals surface area contributed by atoms with Gasteiger partial charge in [-0.25, -0.2) is 0 Å². The molecule has 14 heavy (non-hydrogen) atoms. The number of hydrogen-bond acceptors (Lipinski definition) is 2. The monoisotopic (exact) mass is 215 g/mol. The number of halogens is 1. The van der Waals surface area contributed by atoms with Crippen molar-refractivity contribution in [1.82, 2.24) is 4.57 Å². The van der Waals surface area contributed by atoms with Gasteiger partial charge in [0.05, 0.1) is 16.6 Å². The lowest BCUT2D eigenvalue weighted by Crippen LogP contribution is -2.23. The molecule has 76 valence electrons. The molecule has 0 aromatic carbocycles. The zero-order valence-corrected chi connectivity index (χ0v) is 8.58. The normalized spacial score (nSPS) is 12.5. The van der Waals surface area contributed by atoms with E-state index in [0.29, 0.717) is 10.7 Å². The summed E-state index contributed by atoms with van der Waals surface area (Å²) >= 11 is 5.82. The van der Waals surface area contributed by atoms with E-state index in [2.05, 4.69) is 0 Å². The molecular formula is C9H10ClNO3. The number of carbonyl (C=O) groups is 1. The second-order valence-electron chi connectivity index (χ2n) is 3.02. The van der Waals surface area contributed by atoms with Gasteiger partial charge in [0.1, 0.15) is 0 Å². The van der Waals surface area contributed by atoms with Gasteiger partial charge in [-0.2, -0.15) is 0 Å². The third kappa shape index (κ3) is 1.80. The van der Waals surface area contributed by atoms with Crippen LogP contribution < -0.4 is 5.56 Å². The molecule has 0 aliphatic heterocycles. The molecule has 0 aliphatic carbocycles. The lowest BCUT2D eigenvalue weighted by atomic mass is 10.1. The molecule has 0 bridgehead atoms. The topological polar surface area (TPSA) is 59.3 Å². The molecule has 0 saturated carbocycles. The number of nitrogens with zero attached hydrogens (tertiary/aromatic N) is 1. The first-order valence-corrected chi connectivity index (χ1v) is 4.41. The number of aromatic nitrogens is 1. The van der Waals surface area contributed by atoms with Crippen LogP contribution in [0.4, 0.5) is 0 Å². The average Bonchev–Trinajstić information content (AvgIpc) is 2.12. The quantitative estimate of drug-likeness (QED) is 0.807. The minimum atomic E-state index is -1.01. The summed E-state index contributed by atoms with van der Waals surface area (Å²) in [4.78, 5) is 22.0. The van der Waals surface area contributed by atoms with Crippen LogP contribution in [0.15, 0.2) is 16.9 Å². The van der Waals surface area contributed by atoms with E-state index in [1.165, 1.54) is 30.7 Å². The van der Waals surface area contributed by atoms with Crippen LogP contribution in [0.3, 0.4) is 0 Å². The Morgan fingerprint density at radius 1 is 1.57 bits per heavy atom. The van der Waals surface area contributed by atoms with Gasteiger partial charge in [0.25, 0.3) is 5.56 Å². The summed E-state index contributed by atoms with van der Waals surface area (Å²) in [6.07, 6.45) is 0. The highest BCUT2D eigenvalue weighted by molar-refractivity contribution is 6.31. The highest BCUT2D eigenvalue weighted by Gasteiger charge is 2.19. The maximum atomic E-state index is 11.2. The molecule has 0 aliphatic rings. The minimum absolute atomic E-state index is 0.266. The van der Waals surface area contributed by atoms with Crippen LogP contribution in [0.1, 0.15) is 18.5 Å². The fourth-order valence-electron chi connectivity index (χ4n) is 1.23. The minimum Gasteiger partial charge on any atom is -0.481 e. The first-order valence-electron chi connectivity index (χ1n) is 4.03. The van der Waals surface area contributed by atoms with Crippen molar-refractivity contribution in [3.8, 4) is 0 Å². The molecule has 0 saturated heterocycles. The molecule has 1 N–H and O–H groups in total. The number of carboxylic acids is 1. The van der Waals surface area contributed by atoms with Crippen molar-refractivity contribution in [3.05, 3.63) is 33.2 Å². The molecular weight excluding hydrogens is 206 g/mol. The second kappa shape index (κ2) is 3.84. The number of carboxylic acid groups (broad SMARTS) is 1. The van der Waals surface area contributed by atoms with Gasteiger partial charge in [-0.1, -0.05) is 11.6 Å². The highest BCUT2D eigenvalue weighted by atomic mass is 35.5. The number of pyridine rings is 1. The maximum Gasteiger partial charge on any atom is 0.312 e. The molecule has 0 fully saturated rings. The molecule has 1 aromatic rings. The molecule has 1 rings (SSSR count). The highest BCUT2D eigenvalue weighted by Crippen LogP contribution is 2.22. The second-order valence-corrected chi connectivity index (χ2v) is 3.43. The molecule has 5 heteroatoms. The van der Waals surface area contributed by atoms with Crippen molar-refractivity contribution in [1.29, 1.82) is 0 Å².